The predicted molar refractivity (Wildman–Crippen MR) is 108 cm³/mol. The molecule has 1 heterocycles. The Balaban J connectivity index is 1.64. The number of halogens is 2. The van der Waals surface area contributed by atoms with E-state index in [9.17, 15) is 9.18 Å². The largest absolute Gasteiger partial charge is 0.341 e. The van der Waals surface area contributed by atoms with Crippen LogP contribution in [0.25, 0.3) is 11.4 Å². The predicted octanol–water partition coefficient (Wildman–Crippen LogP) is 4.13. The van der Waals surface area contributed by atoms with Crippen LogP contribution in [0.15, 0.2) is 58.2 Å². The summed E-state index contributed by atoms with van der Waals surface area (Å²) in [5.74, 6) is 0.286. The van der Waals surface area contributed by atoms with Crippen molar-refractivity contribution in [2.45, 2.75) is 11.7 Å². The van der Waals surface area contributed by atoms with Crippen LogP contribution in [0.3, 0.4) is 0 Å². The van der Waals surface area contributed by atoms with Gasteiger partial charge in [0.05, 0.1) is 11.3 Å². The molecule has 0 aliphatic carbocycles. The molecule has 1 amide bonds. The quantitative estimate of drug-likeness (QED) is 0.531. The van der Waals surface area contributed by atoms with E-state index in [0.717, 1.165) is 10.0 Å². The number of carbonyl (C=O) groups is 1. The Kier molecular flexibility index (Phi) is 6.28. The minimum Gasteiger partial charge on any atom is -0.341 e. The smallest absolute Gasteiger partial charge is 0.233 e. The third kappa shape index (κ3) is 4.56. The lowest BCUT2D eigenvalue weighted by Crippen LogP contribution is -2.28. The van der Waals surface area contributed by atoms with E-state index in [4.69, 9.17) is 0 Å². The van der Waals surface area contributed by atoms with Crippen molar-refractivity contribution in [3.63, 3.8) is 0 Å². The molecular formula is C19H18BrFN4OS. The molecule has 140 valence electrons. The molecule has 3 aromatic rings. The van der Waals surface area contributed by atoms with Gasteiger partial charge in [-0.25, -0.2) is 4.39 Å². The second kappa shape index (κ2) is 8.67. The van der Waals surface area contributed by atoms with Gasteiger partial charge in [-0.1, -0.05) is 58.0 Å². The molecule has 1 aromatic heterocycles. The zero-order chi connectivity index (χ0) is 19.4. The fourth-order valence-corrected chi connectivity index (χ4v) is 3.79. The standard InChI is InChI=1S/C19H18BrFN4OS/c1-24(11-13-7-3-5-9-15(13)20)17(26)12-27-19-23-22-18(25(19)2)14-8-4-6-10-16(14)21/h3-10H,11-12H2,1-2H3. The number of carbonyl (C=O) groups excluding carboxylic acids is 1. The summed E-state index contributed by atoms with van der Waals surface area (Å²) < 4.78 is 16.6. The number of hydrogen-bond acceptors (Lipinski definition) is 4. The molecule has 0 aliphatic rings. The van der Waals surface area contributed by atoms with Crippen molar-refractivity contribution in [3.8, 4) is 11.4 Å². The lowest BCUT2D eigenvalue weighted by molar-refractivity contribution is -0.127. The zero-order valence-corrected chi connectivity index (χ0v) is 17.3. The van der Waals surface area contributed by atoms with E-state index in [1.807, 2.05) is 24.3 Å². The van der Waals surface area contributed by atoms with Crippen molar-refractivity contribution in [2.24, 2.45) is 7.05 Å². The number of amides is 1. The van der Waals surface area contributed by atoms with Gasteiger partial charge in [0, 0.05) is 25.1 Å². The summed E-state index contributed by atoms with van der Waals surface area (Å²) >= 11 is 4.78. The molecule has 27 heavy (non-hydrogen) atoms. The summed E-state index contributed by atoms with van der Waals surface area (Å²) in [6, 6.07) is 14.2. The molecule has 0 unspecified atom stereocenters. The molecule has 0 aliphatic heterocycles. The van der Waals surface area contributed by atoms with Gasteiger partial charge >= 0.3 is 0 Å². The highest BCUT2D eigenvalue weighted by Gasteiger charge is 2.17. The molecule has 0 saturated heterocycles. The van der Waals surface area contributed by atoms with Crippen LogP contribution < -0.4 is 0 Å². The van der Waals surface area contributed by atoms with Gasteiger partial charge in [0.15, 0.2) is 11.0 Å². The minimum absolute atomic E-state index is 0.0220. The number of aromatic nitrogens is 3. The number of thioether (sulfide) groups is 1. The highest BCUT2D eigenvalue weighted by atomic mass is 79.9. The Morgan fingerprint density at radius 2 is 1.89 bits per heavy atom. The van der Waals surface area contributed by atoms with Gasteiger partial charge in [0.2, 0.25) is 5.91 Å². The van der Waals surface area contributed by atoms with Crippen molar-refractivity contribution < 1.29 is 9.18 Å². The maximum Gasteiger partial charge on any atom is 0.233 e. The Labute approximate surface area is 169 Å². The molecule has 0 spiro atoms. The lowest BCUT2D eigenvalue weighted by Gasteiger charge is -2.17. The van der Waals surface area contributed by atoms with Gasteiger partial charge in [0.25, 0.3) is 0 Å². The van der Waals surface area contributed by atoms with Gasteiger partial charge in [-0.2, -0.15) is 0 Å². The highest BCUT2D eigenvalue weighted by molar-refractivity contribution is 9.10. The fraction of sp³-hybridized carbons (Fsp3) is 0.211. The molecule has 0 bridgehead atoms. The lowest BCUT2D eigenvalue weighted by atomic mass is 10.2. The summed E-state index contributed by atoms with van der Waals surface area (Å²) in [5.41, 5.74) is 1.43. The van der Waals surface area contributed by atoms with Gasteiger partial charge in [0.1, 0.15) is 5.82 Å². The number of rotatable bonds is 6. The zero-order valence-electron chi connectivity index (χ0n) is 14.9. The van der Waals surface area contributed by atoms with E-state index in [1.54, 1.807) is 41.8 Å². The third-order valence-electron chi connectivity index (χ3n) is 4.07. The maximum atomic E-state index is 14.0. The van der Waals surface area contributed by atoms with Crippen LogP contribution in [0.4, 0.5) is 4.39 Å². The van der Waals surface area contributed by atoms with Crippen LogP contribution >= 0.6 is 27.7 Å². The summed E-state index contributed by atoms with van der Waals surface area (Å²) in [6.45, 7) is 0.514. The van der Waals surface area contributed by atoms with E-state index >= 15 is 0 Å². The fourth-order valence-electron chi connectivity index (χ4n) is 2.52. The Morgan fingerprint density at radius 3 is 2.63 bits per heavy atom. The van der Waals surface area contributed by atoms with E-state index < -0.39 is 0 Å². The van der Waals surface area contributed by atoms with Crippen molar-refractivity contribution in [1.29, 1.82) is 0 Å². The van der Waals surface area contributed by atoms with E-state index in [-0.39, 0.29) is 17.5 Å². The van der Waals surface area contributed by atoms with E-state index in [0.29, 0.717) is 23.1 Å². The van der Waals surface area contributed by atoms with Crippen LogP contribution in [0.2, 0.25) is 0 Å². The molecule has 0 fully saturated rings. The summed E-state index contributed by atoms with van der Waals surface area (Å²) in [5, 5.41) is 8.73. The molecule has 0 N–H and O–H groups in total. The average Bonchev–Trinajstić information content (AvgIpc) is 3.02. The topological polar surface area (TPSA) is 51.0 Å². The molecule has 8 heteroatoms. The molecule has 0 atom stereocenters. The first-order valence-corrected chi connectivity index (χ1v) is 9.99. The number of benzene rings is 2. The van der Waals surface area contributed by atoms with Crippen LogP contribution in [0.5, 0.6) is 0 Å². The molecule has 5 nitrogen and oxygen atoms in total. The van der Waals surface area contributed by atoms with Crippen molar-refractivity contribution in [1.82, 2.24) is 19.7 Å². The molecule has 0 saturated carbocycles. The van der Waals surface area contributed by atoms with Gasteiger partial charge < -0.3 is 9.47 Å². The van der Waals surface area contributed by atoms with Crippen molar-refractivity contribution >= 4 is 33.6 Å². The first kappa shape index (κ1) is 19.6. The second-order valence-corrected chi connectivity index (χ2v) is 7.77. The molecule has 3 rings (SSSR count). The first-order valence-electron chi connectivity index (χ1n) is 8.22. The van der Waals surface area contributed by atoms with Crippen LogP contribution in [0, 0.1) is 5.82 Å². The van der Waals surface area contributed by atoms with E-state index in [2.05, 4.69) is 26.1 Å². The normalized spacial score (nSPS) is 10.8. The Hall–Kier alpha value is -2.19. The number of hydrogen-bond donors (Lipinski definition) is 0. The molecule has 2 aromatic carbocycles. The SMILES string of the molecule is CN(Cc1ccccc1Br)C(=O)CSc1nnc(-c2ccccc2F)n1C. The van der Waals surface area contributed by atoms with Crippen molar-refractivity contribution in [3.05, 3.63) is 64.4 Å². The summed E-state index contributed by atoms with van der Waals surface area (Å²) in [4.78, 5) is 14.1. The molecule has 0 radical (unpaired) electrons. The van der Waals surface area contributed by atoms with Gasteiger partial charge in [-0.15, -0.1) is 10.2 Å². The minimum atomic E-state index is -0.353. The average molecular weight is 449 g/mol. The third-order valence-corrected chi connectivity index (χ3v) is 5.84. The second-order valence-electron chi connectivity index (χ2n) is 5.97. The maximum absolute atomic E-state index is 14.0. The van der Waals surface area contributed by atoms with Gasteiger partial charge in [-0.3, -0.25) is 4.79 Å². The van der Waals surface area contributed by atoms with Crippen LogP contribution in [-0.4, -0.2) is 38.4 Å². The van der Waals surface area contributed by atoms with Crippen LogP contribution in [-0.2, 0) is 18.4 Å². The first-order chi connectivity index (χ1) is 13.0. The van der Waals surface area contributed by atoms with E-state index in [1.165, 1.54) is 17.8 Å². The van der Waals surface area contributed by atoms with Crippen LogP contribution in [0.1, 0.15) is 5.56 Å². The summed E-state index contributed by atoms with van der Waals surface area (Å²) in [7, 11) is 3.53. The Morgan fingerprint density at radius 1 is 1.19 bits per heavy atom. The monoisotopic (exact) mass is 448 g/mol. The highest BCUT2D eigenvalue weighted by Crippen LogP contribution is 2.25. The van der Waals surface area contributed by atoms with Gasteiger partial charge in [-0.05, 0) is 23.8 Å². The summed E-state index contributed by atoms with van der Waals surface area (Å²) in [6.07, 6.45) is 0. The van der Waals surface area contributed by atoms with Crippen molar-refractivity contribution in [2.75, 3.05) is 12.8 Å². The Bertz CT molecular complexity index is 962. The number of nitrogens with zero attached hydrogens (tertiary/aromatic N) is 4. The molecular weight excluding hydrogens is 431 g/mol.